The van der Waals surface area contributed by atoms with E-state index in [1.807, 2.05) is 0 Å². The number of anilines is 1. The molecule has 0 saturated carbocycles. The Morgan fingerprint density at radius 3 is 2.88 bits per heavy atom. The smallest absolute Gasteiger partial charge is 0.188 e. The van der Waals surface area contributed by atoms with Crippen molar-refractivity contribution >= 4 is 50.2 Å². The summed E-state index contributed by atoms with van der Waals surface area (Å²) in [5, 5.41) is 2.13. The molecule has 3 aromatic heterocycles. The third-order valence-corrected chi connectivity index (χ3v) is 8.94. The molecule has 4 aromatic rings. The third kappa shape index (κ3) is 4.10. The largest absolute Gasteiger partial charge is 0.490 e. The van der Waals surface area contributed by atoms with Crippen molar-refractivity contribution < 1.29 is 4.74 Å². The van der Waals surface area contributed by atoms with Gasteiger partial charge < -0.3 is 15.5 Å². The number of thioether (sulfide) groups is 1. The highest BCUT2D eigenvalue weighted by molar-refractivity contribution is 7.99. The van der Waals surface area contributed by atoms with Gasteiger partial charge in [-0.1, -0.05) is 30.0 Å². The predicted molar refractivity (Wildman–Crippen MR) is 142 cm³/mol. The minimum atomic E-state index is 0.774. The van der Waals surface area contributed by atoms with Crippen LogP contribution in [0.25, 0.3) is 21.3 Å². The number of aromatic nitrogens is 3. The number of nitrogens with two attached hydrogens (primary N) is 1. The number of hydrogen-bond acceptors (Lipinski definition) is 8. The summed E-state index contributed by atoms with van der Waals surface area (Å²) in [7, 11) is 0. The van der Waals surface area contributed by atoms with Crippen LogP contribution in [0.2, 0.25) is 0 Å². The van der Waals surface area contributed by atoms with Gasteiger partial charge in [-0.05, 0) is 50.4 Å². The standard InChI is InChI=1S/C25H30N6OS2/c1-17-16-21(27-19-7-3-2-6-18(17)19)30-12-10-29(11-13-30)9-5-15-33-25-28-24-22(31(25)26)23-20(34-24)8-4-14-32-23/h2-3,6-7,16H,4-5,8-15,26H2,1H3. The summed E-state index contributed by atoms with van der Waals surface area (Å²) in [4.78, 5) is 17.0. The minimum absolute atomic E-state index is 0.774. The molecule has 0 spiro atoms. The Bertz CT molecular complexity index is 1320. The van der Waals surface area contributed by atoms with Crippen molar-refractivity contribution in [2.75, 3.05) is 55.8 Å². The lowest BCUT2D eigenvalue weighted by atomic mass is 10.1. The van der Waals surface area contributed by atoms with Crippen molar-refractivity contribution in [1.29, 1.82) is 0 Å². The van der Waals surface area contributed by atoms with Crippen LogP contribution in [0.3, 0.4) is 0 Å². The number of thiophene rings is 1. The number of nitrogens with zero attached hydrogens (tertiary/aromatic N) is 5. The van der Waals surface area contributed by atoms with Crippen LogP contribution < -0.4 is 15.5 Å². The highest BCUT2D eigenvalue weighted by Crippen LogP contribution is 2.41. The van der Waals surface area contributed by atoms with Gasteiger partial charge >= 0.3 is 0 Å². The Hall–Kier alpha value is -2.49. The lowest BCUT2D eigenvalue weighted by Gasteiger charge is -2.35. The van der Waals surface area contributed by atoms with Gasteiger partial charge in [0.25, 0.3) is 0 Å². The third-order valence-electron chi connectivity index (χ3n) is 6.79. The zero-order valence-electron chi connectivity index (χ0n) is 19.5. The average molecular weight is 495 g/mol. The van der Waals surface area contributed by atoms with E-state index >= 15 is 0 Å². The van der Waals surface area contributed by atoms with E-state index in [2.05, 4.69) is 47.1 Å². The SMILES string of the molecule is Cc1cc(N2CCN(CCCSc3nc4sc5c(c4n3N)OCCC5)CC2)nc2ccccc12. The zero-order valence-corrected chi connectivity index (χ0v) is 21.1. The molecule has 0 amide bonds. The van der Waals surface area contributed by atoms with E-state index in [4.69, 9.17) is 20.5 Å². The summed E-state index contributed by atoms with van der Waals surface area (Å²) in [5.41, 5.74) is 3.35. The van der Waals surface area contributed by atoms with Crippen LogP contribution in [0, 0.1) is 6.92 Å². The van der Waals surface area contributed by atoms with Gasteiger partial charge in [0.05, 0.1) is 17.0 Å². The minimum Gasteiger partial charge on any atom is -0.490 e. The highest BCUT2D eigenvalue weighted by Gasteiger charge is 2.24. The number of hydrogen-bond donors (Lipinski definition) is 1. The number of para-hydroxylation sites is 1. The lowest BCUT2D eigenvalue weighted by Crippen LogP contribution is -2.47. The summed E-state index contributed by atoms with van der Waals surface area (Å²) in [6.07, 6.45) is 3.27. The lowest BCUT2D eigenvalue weighted by molar-refractivity contribution is 0.258. The molecule has 178 valence electrons. The van der Waals surface area contributed by atoms with Crippen molar-refractivity contribution in [1.82, 2.24) is 19.5 Å². The molecule has 34 heavy (non-hydrogen) atoms. The topological polar surface area (TPSA) is 72.4 Å². The first-order valence-corrected chi connectivity index (χ1v) is 13.9. The van der Waals surface area contributed by atoms with Crippen LogP contribution in [-0.2, 0) is 6.42 Å². The van der Waals surface area contributed by atoms with E-state index in [9.17, 15) is 0 Å². The van der Waals surface area contributed by atoms with E-state index < -0.39 is 0 Å². The van der Waals surface area contributed by atoms with Gasteiger partial charge in [-0.15, -0.1) is 11.3 Å². The molecule has 7 nitrogen and oxygen atoms in total. The van der Waals surface area contributed by atoms with Crippen molar-refractivity contribution in [2.45, 2.75) is 31.3 Å². The molecule has 1 aromatic carbocycles. The van der Waals surface area contributed by atoms with Gasteiger partial charge in [0.2, 0.25) is 0 Å². The van der Waals surface area contributed by atoms with E-state index in [-0.39, 0.29) is 0 Å². The summed E-state index contributed by atoms with van der Waals surface area (Å²) < 4.78 is 7.62. The van der Waals surface area contributed by atoms with Gasteiger partial charge in [0, 0.05) is 37.3 Å². The normalized spacial score (nSPS) is 16.8. The number of rotatable bonds is 6. The van der Waals surface area contributed by atoms with Gasteiger partial charge in [-0.3, -0.25) is 4.90 Å². The molecule has 1 saturated heterocycles. The molecule has 2 N–H and O–H groups in total. The second-order valence-electron chi connectivity index (χ2n) is 9.07. The number of aryl methyl sites for hydroxylation is 2. The second-order valence-corrected chi connectivity index (χ2v) is 11.2. The van der Waals surface area contributed by atoms with Gasteiger partial charge in [0.15, 0.2) is 10.9 Å². The number of benzene rings is 1. The summed E-state index contributed by atoms with van der Waals surface area (Å²) in [5.74, 6) is 9.46. The summed E-state index contributed by atoms with van der Waals surface area (Å²) >= 11 is 3.48. The average Bonchev–Trinajstić information content (AvgIpc) is 3.38. The maximum Gasteiger partial charge on any atom is 0.188 e. The first-order chi connectivity index (χ1) is 16.7. The van der Waals surface area contributed by atoms with Crippen LogP contribution in [0.5, 0.6) is 5.75 Å². The monoisotopic (exact) mass is 494 g/mol. The molecule has 6 rings (SSSR count). The molecule has 0 aliphatic carbocycles. The number of pyridine rings is 1. The maximum atomic E-state index is 6.39. The molecule has 1 fully saturated rings. The number of fused-ring (bicyclic) bond motifs is 4. The Labute approximate surface area is 207 Å². The quantitative estimate of drug-likeness (QED) is 0.243. The van der Waals surface area contributed by atoms with Crippen molar-refractivity contribution in [3.05, 3.63) is 40.8 Å². The van der Waals surface area contributed by atoms with E-state index in [0.717, 1.165) is 96.9 Å². The zero-order chi connectivity index (χ0) is 23.1. The van der Waals surface area contributed by atoms with Crippen molar-refractivity contribution in [3.63, 3.8) is 0 Å². The molecule has 9 heteroatoms. The van der Waals surface area contributed by atoms with E-state index in [0.29, 0.717) is 0 Å². The molecule has 2 aliphatic heterocycles. The maximum absolute atomic E-state index is 6.39. The molecule has 2 aliphatic rings. The van der Waals surface area contributed by atoms with Gasteiger partial charge in [-0.2, -0.15) is 0 Å². The number of ether oxygens (including phenoxy) is 1. The first kappa shape index (κ1) is 22.0. The summed E-state index contributed by atoms with van der Waals surface area (Å²) in [6, 6.07) is 10.6. The van der Waals surface area contributed by atoms with Crippen LogP contribution in [0.4, 0.5) is 5.82 Å². The van der Waals surface area contributed by atoms with Crippen molar-refractivity contribution in [2.24, 2.45) is 0 Å². The van der Waals surface area contributed by atoms with Gasteiger partial charge in [0.1, 0.15) is 16.2 Å². The van der Waals surface area contributed by atoms with Crippen LogP contribution in [-0.4, -0.2) is 64.6 Å². The number of nitrogen functional groups attached to an aromatic ring is 1. The van der Waals surface area contributed by atoms with Gasteiger partial charge in [-0.25, -0.2) is 14.6 Å². The van der Waals surface area contributed by atoms with Crippen LogP contribution in [0.15, 0.2) is 35.5 Å². The Morgan fingerprint density at radius 2 is 2.00 bits per heavy atom. The van der Waals surface area contributed by atoms with Crippen molar-refractivity contribution in [3.8, 4) is 5.75 Å². The van der Waals surface area contributed by atoms with E-state index in [1.165, 1.54) is 15.8 Å². The molecular formula is C25H30N6OS2. The Morgan fingerprint density at radius 1 is 1.15 bits per heavy atom. The molecule has 0 radical (unpaired) electrons. The number of imidazole rings is 1. The molecule has 0 bridgehead atoms. The Kier molecular flexibility index (Phi) is 6.01. The predicted octanol–water partition coefficient (Wildman–Crippen LogP) is 4.30. The summed E-state index contributed by atoms with van der Waals surface area (Å²) in [6.45, 7) is 8.24. The fraction of sp³-hybridized carbons (Fsp3) is 0.440. The second kappa shape index (κ2) is 9.28. The first-order valence-electron chi connectivity index (χ1n) is 12.1. The fourth-order valence-corrected chi connectivity index (χ4v) is 6.98. The van der Waals surface area contributed by atoms with Crippen LogP contribution in [0.1, 0.15) is 23.3 Å². The molecule has 5 heterocycles. The highest BCUT2D eigenvalue weighted by atomic mass is 32.2. The van der Waals surface area contributed by atoms with E-state index in [1.54, 1.807) is 27.8 Å². The molecule has 0 unspecified atom stereocenters. The number of piperazine rings is 1. The van der Waals surface area contributed by atoms with Crippen LogP contribution >= 0.6 is 23.1 Å². The fourth-order valence-electron chi connectivity index (χ4n) is 4.93. The molecule has 0 atom stereocenters. The molecular weight excluding hydrogens is 464 g/mol. The Balaban J connectivity index is 1.01.